The highest BCUT2D eigenvalue weighted by molar-refractivity contribution is 8.07. The Morgan fingerprint density at radius 2 is 1.51 bits per heavy atom. The minimum absolute atomic E-state index is 0.0749. The van der Waals surface area contributed by atoms with E-state index in [1.807, 2.05) is 37.5 Å². The summed E-state index contributed by atoms with van der Waals surface area (Å²) < 4.78 is 71.1. The van der Waals surface area contributed by atoms with Crippen LogP contribution in [0.5, 0.6) is 0 Å². The Hall–Kier alpha value is -4.68. The SMILES string of the molecule is CC(C)(C)[Si](C)(C)O[C@@H]1[C@@H]2OP(O)(=S)OC[C@H]3O[C@@H](n4cnc5c(CC(=O)c6ccccc6)nc(NCCCC(=O)OCC[Si](C)(C)C)nc54)[C@H](OP(O)(=S)OC[C@H]2O[C@H]1n1cc2c4c(ncnc41)N(C(=O)c1ccccc1)CCC2)[C@@H]3F. The molecule has 10 atom stereocenters. The second-order valence-corrected chi connectivity index (χ2v) is 39.8. The molecule has 0 aliphatic carbocycles. The number of ether oxygens (including phenoxy) is 3. The number of esters is 1. The number of ketones is 1. The summed E-state index contributed by atoms with van der Waals surface area (Å²) in [4.78, 5) is 89.6. The number of rotatable bonds is 16. The van der Waals surface area contributed by atoms with E-state index in [1.54, 1.807) is 51.9 Å². The van der Waals surface area contributed by atoms with Gasteiger partial charge >= 0.3 is 19.4 Å². The van der Waals surface area contributed by atoms with E-state index in [-0.39, 0.29) is 64.9 Å². The summed E-state index contributed by atoms with van der Waals surface area (Å²) in [6.07, 6.45) is -5.24. The Balaban J connectivity index is 0.956. The minimum Gasteiger partial charge on any atom is -0.466 e. The zero-order chi connectivity index (χ0) is 59.2. The molecule has 83 heavy (non-hydrogen) atoms. The number of fused-ring (bicyclic) bond motifs is 4. The van der Waals surface area contributed by atoms with E-state index < -0.39 is 92.2 Å². The van der Waals surface area contributed by atoms with Gasteiger partial charge in [0.1, 0.15) is 53.8 Å². The Labute approximate surface area is 492 Å². The number of anilines is 2. The molecule has 4 aliphatic rings. The summed E-state index contributed by atoms with van der Waals surface area (Å²) in [6, 6.07) is 18.5. The van der Waals surface area contributed by atoms with Crippen LogP contribution in [-0.2, 0) is 78.0 Å². The summed E-state index contributed by atoms with van der Waals surface area (Å²) in [7, 11) is -4.20. The van der Waals surface area contributed by atoms with Crippen molar-refractivity contribution in [3.8, 4) is 0 Å². The van der Waals surface area contributed by atoms with Gasteiger partial charge in [0, 0.05) is 44.9 Å². The van der Waals surface area contributed by atoms with Crippen LogP contribution in [-0.4, -0.2) is 147 Å². The maximum atomic E-state index is 17.2. The molecule has 446 valence electrons. The van der Waals surface area contributed by atoms with Crippen LogP contribution in [0, 0.1) is 0 Å². The number of nitrogens with zero attached hydrogens (tertiary/aromatic N) is 8. The first-order chi connectivity index (χ1) is 39.3. The average molecular weight is 1250 g/mol. The first-order valence-electron chi connectivity index (χ1n) is 27.6. The van der Waals surface area contributed by atoms with Gasteiger partial charge in [-0.15, -0.1) is 0 Å². The number of carbonyl (C=O) groups is 3. The predicted octanol–water partition coefficient (Wildman–Crippen LogP) is 9.14. The molecule has 4 aromatic heterocycles. The van der Waals surface area contributed by atoms with Gasteiger partial charge in [-0.25, -0.2) is 24.3 Å². The van der Waals surface area contributed by atoms with Crippen molar-refractivity contribution in [2.75, 3.05) is 43.1 Å². The van der Waals surface area contributed by atoms with Gasteiger partial charge in [-0.05, 0) is 84.7 Å². The number of aryl methyl sites for hydroxylation is 1. The van der Waals surface area contributed by atoms with E-state index in [1.165, 1.54) is 17.2 Å². The van der Waals surface area contributed by atoms with E-state index in [2.05, 4.69) is 60.7 Å². The van der Waals surface area contributed by atoms with Gasteiger partial charge < -0.3 is 47.4 Å². The number of aromatic nitrogens is 7. The largest absolute Gasteiger partial charge is 0.466 e. The van der Waals surface area contributed by atoms with Crippen molar-refractivity contribution < 1.29 is 65.3 Å². The van der Waals surface area contributed by atoms with Gasteiger partial charge in [-0.2, -0.15) is 4.98 Å². The lowest BCUT2D eigenvalue weighted by Gasteiger charge is -2.41. The lowest BCUT2D eigenvalue weighted by Crippen LogP contribution is -2.49. The number of hydrogen-bond donors (Lipinski definition) is 3. The number of alkyl halides is 1. The molecule has 8 heterocycles. The van der Waals surface area contributed by atoms with E-state index in [0.717, 1.165) is 11.6 Å². The minimum atomic E-state index is -4.49. The molecule has 1 amide bonds. The third-order valence-corrected chi connectivity index (χ3v) is 24.8. The van der Waals surface area contributed by atoms with Gasteiger partial charge in [0.15, 0.2) is 38.4 Å². The third kappa shape index (κ3) is 13.8. The molecular formula is C54H70FN9O13P2S2Si2. The second-order valence-electron chi connectivity index (χ2n) is 23.8. The molecule has 0 saturated carbocycles. The van der Waals surface area contributed by atoms with Crippen LogP contribution in [0.4, 0.5) is 16.2 Å². The van der Waals surface area contributed by atoms with Crippen molar-refractivity contribution in [2.24, 2.45) is 0 Å². The number of halogens is 1. The number of benzene rings is 2. The predicted molar refractivity (Wildman–Crippen MR) is 320 cm³/mol. The molecule has 3 saturated heterocycles. The van der Waals surface area contributed by atoms with Crippen LogP contribution in [0.2, 0.25) is 43.8 Å². The molecule has 29 heteroatoms. The number of hydrogen-bond acceptors (Lipinski definition) is 19. The van der Waals surface area contributed by atoms with Crippen molar-refractivity contribution in [1.82, 2.24) is 34.1 Å². The van der Waals surface area contributed by atoms with Crippen LogP contribution in [0.25, 0.3) is 22.2 Å². The molecule has 2 aromatic carbocycles. The van der Waals surface area contributed by atoms with Gasteiger partial charge in [0.05, 0.1) is 43.6 Å². The molecule has 6 aromatic rings. The lowest BCUT2D eigenvalue weighted by atomic mass is 10.1. The topological polar surface area (TPSA) is 255 Å². The lowest BCUT2D eigenvalue weighted by molar-refractivity contribution is -0.143. The summed E-state index contributed by atoms with van der Waals surface area (Å²) in [5.41, 5.74) is 2.76. The fraction of sp³-hybridized carbons (Fsp3) is 0.519. The monoisotopic (exact) mass is 1250 g/mol. The molecule has 0 spiro atoms. The van der Waals surface area contributed by atoms with Crippen LogP contribution >= 0.6 is 13.4 Å². The smallest absolute Gasteiger partial charge is 0.325 e. The molecule has 2 bridgehead atoms. The molecule has 0 radical (unpaired) electrons. The van der Waals surface area contributed by atoms with E-state index in [9.17, 15) is 24.2 Å². The zero-order valence-corrected chi connectivity index (χ0v) is 52.9. The second kappa shape index (κ2) is 24.6. The standard InChI is InChI=1S/C54H70FN9O13P2S2Si2/c1-54(2,3)83(7,8)77-46-44-39(74-52(46)63-28-35-21-16-24-62(47-41(35)48(63)58-31-57-47)50(67)34-19-13-10-14-20-34)30-72-79(69,81)76-45-42(55)38(29-71-78(68,80)75-44)73-51(45)64-32-59-43-36(27-37(65)33-17-11-9-12-18-33)60-53(61-49(43)64)56-23-15-22-40(66)70-25-26-82(4,5)6/h9-14,17-20,28,31-32,38-39,42,44-46,51-52H,15-16,21-27,29-30H2,1-8H3,(H,68,80)(H,69,81)(H,56,60,61)/t38-,39-,42-,44-,45-,46-,51-,52-,78?,79?/m1/s1. The van der Waals surface area contributed by atoms with Gasteiger partial charge in [-0.1, -0.05) is 88.9 Å². The van der Waals surface area contributed by atoms with Gasteiger partial charge in [-0.3, -0.25) is 32.9 Å². The van der Waals surface area contributed by atoms with Crippen LogP contribution in [0.15, 0.2) is 79.5 Å². The van der Waals surface area contributed by atoms with Crippen LogP contribution < -0.4 is 10.2 Å². The van der Waals surface area contributed by atoms with Crippen molar-refractivity contribution >= 4 is 105 Å². The van der Waals surface area contributed by atoms with Crippen molar-refractivity contribution in [3.63, 3.8) is 0 Å². The summed E-state index contributed by atoms with van der Waals surface area (Å²) >= 11 is 11.4. The number of nitrogens with one attached hydrogen (secondary N) is 1. The molecule has 3 fully saturated rings. The number of Topliss-reactive ketones (excluding diaryl/α,β-unsaturated/α-hetero) is 1. The maximum Gasteiger partial charge on any atom is 0.325 e. The van der Waals surface area contributed by atoms with Gasteiger partial charge in [0.2, 0.25) is 5.95 Å². The molecule has 4 aliphatic heterocycles. The van der Waals surface area contributed by atoms with Crippen molar-refractivity contribution in [1.29, 1.82) is 0 Å². The Bertz CT molecular complexity index is 3470. The van der Waals surface area contributed by atoms with Crippen molar-refractivity contribution in [3.05, 3.63) is 102 Å². The first-order valence-corrected chi connectivity index (χ1v) is 39.4. The summed E-state index contributed by atoms with van der Waals surface area (Å²) in [5.74, 6) is -0.296. The molecular weight excluding hydrogens is 1180 g/mol. The van der Waals surface area contributed by atoms with E-state index >= 15 is 4.39 Å². The first kappa shape index (κ1) is 61.4. The quantitative estimate of drug-likeness (QED) is 0.0268. The highest BCUT2D eigenvalue weighted by Crippen LogP contribution is 2.56. The van der Waals surface area contributed by atoms with Crippen LogP contribution in [0.1, 0.15) is 84.5 Å². The third-order valence-electron chi connectivity index (χ3n) is 15.5. The van der Waals surface area contributed by atoms with Crippen LogP contribution in [0.3, 0.4) is 0 Å². The fourth-order valence-corrected chi connectivity index (χ4v) is 15.0. The summed E-state index contributed by atoms with van der Waals surface area (Å²) in [5, 5.41) is 3.44. The fourth-order valence-electron chi connectivity index (χ4n) is 10.1. The van der Waals surface area contributed by atoms with Crippen molar-refractivity contribution in [2.45, 2.75) is 146 Å². The number of imidazole rings is 1. The Kier molecular flexibility index (Phi) is 18.2. The molecule has 22 nitrogen and oxygen atoms in total. The zero-order valence-electron chi connectivity index (χ0n) is 47.5. The highest BCUT2D eigenvalue weighted by Gasteiger charge is 2.56. The molecule has 3 N–H and O–H groups in total. The normalized spacial score (nSPS) is 27.1. The molecule has 2 unspecified atom stereocenters. The Morgan fingerprint density at radius 3 is 2.19 bits per heavy atom. The van der Waals surface area contributed by atoms with Gasteiger partial charge in [0.25, 0.3) is 5.91 Å². The van der Waals surface area contributed by atoms with E-state index in [4.69, 9.17) is 70.3 Å². The van der Waals surface area contributed by atoms with E-state index in [0.29, 0.717) is 60.4 Å². The average Bonchev–Trinajstić information content (AvgIpc) is 2.42. The highest BCUT2D eigenvalue weighted by atomic mass is 32.5. The number of amides is 1. The molecule has 10 rings (SSSR count). The maximum absolute atomic E-state index is 17.2. The summed E-state index contributed by atoms with van der Waals surface area (Å²) in [6.45, 7) is 7.85. The number of carbonyl (C=O) groups excluding carboxylic acids is 3. The Morgan fingerprint density at radius 1 is 0.843 bits per heavy atom.